The molecule has 0 saturated heterocycles. The van der Waals surface area contributed by atoms with Gasteiger partial charge in [-0.2, -0.15) is 0 Å². The van der Waals surface area contributed by atoms with E-state index in [4.69, 9.17) is 15.0 Å². The summed E-state index contributed by atoms with van der Waals surface area (Å²) in [6, 6.07) is 84.5. The number of nitrogens with zero attached hydrogens (tertiary/aromatic N) is 3. The topological polar surface area (TPSA) is 38.7 Å². The van der Waals surface area contributed by atoms with Crippen LogP contribution in [-0.2, 0) is 0 Å². The molecule has 64 heavy (non-hydrogen) atoms. The van der Waals surface area contributed by atoms with Gasteiger partial charge in [0, 0.05) is 16.7 Å². The van der Waals surface area contributed by atoms with Crippen molar-refractivity contribution in [3.63, 3.8) is 0 Å². The highest BCUT2D eigenvalue weighted by Crippen LogP contribution is 2.36. The van der Waals surface area contributed by atoms with Crippen molar-refractivity contribution in [1.29, 1.82) is 0 Å². The number of fused-ring (bicyclic) bond motifs is 4. The molecule has 0 bridgehead atoms. The summed E-state index contributed by atoms with van der Waals surface area (Å²) >= 11 is 0. The first-order chi connectivity index (χ1) is 31.6. The standard InChI is InChI=1S/C61H39N3/c1-3-11-40(12-4-1)42-19-23-44(24-20-42)54-37-55(45-25-21-43(22-26-45)41-13-5-2-6-14-41)39-58(38-54)61-63-59(52-29-27-50-31-46-15-7-9-17-48(46)33-56(50)35-52)62-60(64-61)53-30-28-51-32-47-16-8-10-18-49(47)34-57(51)36-53/h1-39H. The smallest absolute Gasteiger partial charge is 0.164 e. The number of aromatic nitrogens is 3. The van der Waals surface area contributed by atoms with Gasteiger partial charge in [0.05, 0.1) is 0 Å². The summed E-state index contributed by atoms with van der Waals surface area (Å²) in [5.74, 6) is 1.86. The Bertz CT molecular complexity index is 3450. The minimum Gasteiger partial charge on any atom is -0.208 e. The number of hydrogen-bond donors (Lipinski definition) is 0. The average Bonchev–Trinajstić information content (AvgIpc) is 3.37. The maximum atomic E-state index is 5.33. The molecule has 0 atom stereocenters. The van der Waals surface area contributed by atoms with Crippen LogP contribution in [0.25, 0.3) is 122 Å². The summed E-state index contributed by atoms with van der Waals surface area (Å²) in [5, 5.41) is 9.46. The molecule has 298 valence electrons. The van der Waals surface area contributed by atoms with Crippen LogP contribution >= 0.6 is 0 Å². The second-order valence-corrected chi connectivity index (χ2v) is 16.5. The molecule has 11 aromatic carbocycles. The lowest BCUT2D eigenvalue weighted by atomic mass is 9.93. The zero-order valence-corrected chi connectivity index (χ0v) is 34.9. The molecule has 0 amide bonds. The molecular weight excluding hydrogens is 775 g/mol. The number of rotatable bonds is 7. The quantitative estimate of drug-likeness (QED) is 0.150. The van der Waals surface area contributed by atoms with Gasteiger partial charge in [-0.15, -0.1) is 0 Å². The fourth-order valence-electron chi connectivity index (χ4n) is 8.98. The predicted octanol–water partition coefficient (Wildman–Crippen LogP) is 16.2. The van der Waals surface area contributed by atoms with Crippen molar-refractivity contribution in [2.75, 3.05) is 0 Å². The molecule has 1 heterocycles. The van der Waals surface area contributed by atoms with E-state index < -0.39 is 0 Å². The third kappa shape index (κ3) is 7.15. The van der Waals surface area contributed by atoms with Crippen LogP contribution in [0, 0.1) is 0 Å². The molecule has 12 rings (SSSR count). The van der Waals surface area contributed by atoms with Crippen molar-refractivity contribution in [3.05, 3.63) is 237 Å². The molecule has 0 aliphatic heterocycles. The van der Waals surface area contributed by atoms with Crippen LogP contribution in [0.2, 0.25) is 0 Å². The molecule has 0 unspecified atom stereocenters. The van der Waals surface area contributed by atoms with Crippen molar-refractivity contribution in [2.45, 2.75) is 0 Å². The lowest BCUT2D eigenvalue weighted by Gasteiger charge is -2.14. The van der Waals surface area contributed by atoms with Crippen LogP contribution in [-0.4, -0.2) is 15.0 Å². The Kier molecular flexibility index (Phi) is 9.16. The van der Waals surface area contributed by atoms with Gasteiger partial charge >= 0.3 is 0 Å². The molecule has 0 aliphatic carbocycles. The van der Waals surface area contributed by atoms with Gasteiger partial charge in [0.25, 0.3) is 0 Å². The molecule has 0 saturated carbocycles. The molecule has 0 radical (unpaired) electrons. The van der Waals surface area contributed by atoms with Crippen molar-refractivity contribution >= 4 is 43.1 Å². The van der Waals surface area contributed by atoms with Crippen molar-refractivity contribution in [3.8, 4) is 78.7 Å². The summed E-state index contributed by atoms with van der Waals surface area (Å²) in [6.45, 7) is 0. The van der Waals surface area contributed by atoms with Gasteiger partial charge in [0.2, 0.25) is 0 Å². The average molecular weight is 814 g/mol. The van der Waals surface area contributed by atoms with Gasteiger partial charge in [0.15, 0.2) is 17.5 Å². The van der Waals surface area contributed by atoms with Crippen LogP contribution in [0.3, 0.4) is 0 Å². The SMILES string of the molecule is c1ccc(-c2ccc(-c3cc(-c4ccc(-c5ccccc5)cc4)cc(-c4nc(-c5ccc6cc7ccccc7cc6c5)nc(-c5ccc6cc7ccccc7cc6c5)n4)c3)cc2)cc1. The van der Waals surface area contributed by atoms with Crippen LogP contribution in [0.4, 0.5) is 0 Å². The maximum absolute atomic E-state index is 5.33. The number of hydrogen-bond acceptors (Lipinski definition) is 3. The Morgan fingerprint density at radius 2 is 0.422 bits per heavy atom. The summed E-state index contributed by atoms with van der Waals surface area (Å²) in [6.07, 6.45) is 0. The van der Waals surface area contributed by atoms with Gasteiger partial charge in [-0.25, -0.2) is 15.0 Å². The van der Waals surface area contributed by atoms with E-state index in [1.165, 1.54) is 54.6 Å². The summed E-state index contributed by atoms with van der Waals surface area (Å²) < 4.78 is 0. The molecule has 0 spiro atoms. The lowest BCUT2D eigenvalue weighted by molar-refractivity contribution is 1.08. The van der Waals surface area contributed by atoms with Crippen LogP contribution in [0.1, 0.15) is 0 Å². The minimum atomic E-state index is 0.613. The van der Waals surface area contributed by atoms with Crippen molar-refractivity contribution in [2.24, 2.45) is 0 Å². The second-order valence-electron chi connectivity index (χ2n) is 16.5. The Balaban J connectivity index is 1.04. The first kappa shape index (κ1) is 37.2. The van der Waals surface area contributed by atoms with E-state index in [2.05, 4.69) is 237 Å². The van der Waals surface area contributed by atoms with E-state index in [1.54, 1.807) is 0 Å². The Hall–Kier alpha value is -8.53. The van der Waals surface area contributed by atoms with E-state index in [0.717, 1.165) is 49.7 Å². The maximum Gasteiger partial charge on any atom is 0.164 e. The summed E-state index contributed by atoms with van der Waals surface area (Å²) in [5.41, 5.74) is 11.9. The van der Waals surface area contributed by atoms with Crippen LogP contribution < -0.4 is 0 Å². The lowest BCUT2D eigenvalue weighted by Crippen LogP contribution is -2.01. The third-order valence-electron chi connectivity index (χ3n) is 12.4. The molecule has 1 aromatic heterocycles. The van der Waals surface area contributed by atoms with Gasteiger partial charge < -0.3 is 0 Å². The highest BCUT2D eigenvalue weighted by molar-refractivity contribution is 6.01. The first-order valence-corrected chi connectivity index (χ1v) is 21.7. The van der Waals surface area contributed by atoms with E-state index in [9.17, 15) is 0 Å². The largest absolute Gasteiger partial charge is 0.208 e. The normalized spacial score (nSPS) is 11.4. The van der Waals surface area contributed by atoms with E-state index >= 15 is 0 Å². The molecule has 0 N–H and O–H groups in total. The highest BCUT2D eigenvalue weighted by atomic mass is 15.0. The highest BCUT2D eigenvalue weighted by Gasteiger charge is 2.17. The van der Waals surface area contributed by atoms with Gasteiger partial charge in [0.1, 0.15) is 0 Å². The van der Waals surface area contributed by atoms with Gasteiger partial charge in [-0.05, 0) is 142 Å². The van der Waals surface area contributed by atoms with E-state index in [0.29, 0.717) is 17.5 Å². The van der Waals surface area contributed by atoms with Crippen molar-refractivity contribution in [1.82, 2.24) is 15.0 Å². The first-order valence-electron chi connectivity index (χ1n) is 21.7. The summed E-state index contributed by atoms with van der Waals surface area (Å²) in [4.78, 5) is 15.9. The van der Waals surface area contributed by atoms with Crippen molar-refractivity contribution < 1.29 is 0 Å². The molecule has 0 fully saturated rings. The minimum absolute atomic E-state index is 0.613. The summed E-state index contributed by atoms with van der Waals surface area (Å²) in [7, 11) is 0. The van der Waals surface area contributed by atoms with E-state index in [-0.39, 0.29) is 0 Å². The monoisotopic (exact) mass is 813 g/mol. The fourth-order valence-corrected chi connectivity index (χ4v) is 8.98. The molecule has 3 nitrogen and oxygen atoms in total. The zero-order valence-electron chi connectivity index (χ0n) is 34.9. The Morgan fingerprint density at radius 1 is 0.156 bits per heavy atom. The predicted molar refractivity (Wildman–Crippen MR) is 268 cm³/mol. The number of benzene rings is 11. The molecule has 12 aromatic rings. The molecular formula is C61H39N3. The third-order valence-corrected chi connectivity index (χ3v) is 12.4. The second kappa shape index (κ2) is 15.7. The van der Waals surface area contributed by atoms with Gasteiger partial charge in [-0.3, -0.25) is 0 Å². The zero-order chi connectivity index (χ0) is 42.4. The Labute approximate surface area is 371 Å². The molecule has 3 heteroatoms. The fraction of sp³-hybridized carbons (Fsp3) is 0. The Morgan fingerprint density at radius 3 is 0.812 bits per heavy atom. The van der Waals surface area contributed by atoms with Crippen LogP contribution in [0.5, 0.6) is 0 Å². The van der Waals surface area contributed by atoms with Gasteiger partial charge in [-0.1, -0.05) is 182 Å². The van der Waals surface area contributed by atoms with E-state index in [1.807, 2.05) is 0 Å². The molecule has 0 aliphatic rings. The van der Waals surface area contributed by atoms with Crippen LogP contribution in [0.15, 0.2) is 237 Å².